The maximum Gasteiger partial charge on any atom is 0.415 e. The molecule has 0 unspecified atom stereocenters. The third-order valence-corrected chi connectivity index (χ3v) is 3.57. The Balaban J connectivity index is 3.07. The molecule has 0 aromatic heterocycles. The molecule has 5 nitrogen and oxygen atoms in total. The topological polar surface area (TPSA) is 63.7 Å². The van der Waals surface area contributed by atoms with Gasteiger partial charge in [-0.1, -0.05) is 5.92 Å². The van der Waals surface area contributed by atoms with Gasteiger partial charge in [0.05, 0.1) is 11.4 Å². The van der Waals surface area contributed by atoms with Gasteiger partial charge in [-0.3, -0.25) is 4.90 Å². The lowest BCUT2D eigenvalue weighted by atomic mass is 10.2. The van der Waals surface area contributed by atoms with E-state index in [4.69, 9.17) is 11.2 Å². The van der Waals surface area contributed by atoms with E-state index in [1.54, 1.807) is 20.8 Å². The average Bonchev–Trinajstić information content (AvgIpc) is 2.33. The lowest BCUT2D eigenvalue weighted by molar-refractivity contribution is 0.0585. The number of ether oxygens (including phenoxy) is 1. The minimum atomic E-state index is -3.28. The summed E-state index contributed by atoms with van der Waals surface area (Å²) in [5.74, 6) is 2.38. The molecule has 0 saturated carbocycles. The van der Waals surface area contributed by atoms with Crippen LogP contribution in [-0.2, 0) is 14.6 Å². The lowest BCUT2D eigenvalue weighted by Gasteiger charge is -2.26. The van der Waals surface area contributed by atoms with Crippen LogP contribution in [0.3, 0.4) is 0 Å². The Morgan fingerprint density at radius 1 is 1.29 bits per heavy atom. The largest absolute Gasteiger partial charge is 0.443 e. The summed E-state index contributed by atoms with van der Waals surface area (Å²) in [7, 11) is -3.28. The molecule has 0 fully saturated rings. The highest BCUT2D eigenvalue weighted by molar-refractivity contribution is 7.90. The van der Waals surface area contributed by atoms with Gasteiger partial charge >= 0.3 is 6.09 Å². The van der Waals surface area contributed by atoms with E-state index >= 15 is 0 Å². The molecule has 1 rings (SSSR count). The second-order valence-corrected chi connectivity index (χ2v) is 7.55. The van der Waals surface area contributed by atoms with E-state index in [-0.39, 0.29) is 11.4 Å². The number of carbonyl (C=O) groups is 1. The fourth-order valence-corrected chi connectivity index (χ4v) is 2.17. The van der Waals surface area contributed by atoms with Crippen molar-refractivity contribution in [3.05, 3.63) is 24.3 Å². The van der Waals surface area contributed by atoms with Gasteiger partial charge in [0.1, 0.15) is 5.60 Å². The monoisotopic (exact) mass is 309 g/mol. The molecule has 6 heteroatoms. The lowest BCUT2D eigenvalue weighted by Crippen LogP contribution is -2.37. The smallest absolute Gasteiger partial charge is 0.415 e. The summed E-state index contributed by atoms with van der Waals surface area (Å²) in [5.41, 5.74) is -0.161. The molecule has 0 bridgehead atoms. The summed E-state index contributed by atoms with van der Waals surface area (Å²) in [5, 5.41) is 0. The molecule has 0 atom stereocenters. The van der Waals surface area contributed by atoms with Gasteiger partial charge in [0.2, 0.25) is 0 Å². The van der Waals surface area contributed by atoms with Gasteiger partial charge in [-0.2, -0.15) is 0 Å². The summed E-state index contributed by atoms with van der Waals surface area (Å²) < 4.78 is 28.1. The molecule has 0 spiro atoms. The molecule has 0 aliphatic heterocycles. The van der Waals surface area contributed by atoms with E-state index in [1.165, 1.54) is 29.2 Å². The van der Waals surface area contributed by atoms with Crippen LogP contribution in [0.25, 0.3) is 0 Å². The maximum atomic E-state index is 12.1. The first-order valence-electron chi connectivity index (χ1n) is 6.29. The minimum Gasteiger partial charge on any atom is -0.443 e. The fraction of sp³-hybridized carbons (Fsp3) is 0.400. The Morgan fingerprint density at radius 3 is 2.19 bits per heavy atom. The van der Waals surface area contributed by atoms with Crippen LogP contribution >= 0.6 is 0 Å². The molecule has 114 valence electrons. The first kappa shape index (κ1) is 17.1. The number of hydrogen-bond acceptors (Lipinski definition) is 4. The molecular formula is C15H19NO4S. The van der Waals surface area contributed by atoms with Crippen molar-refractivity contribution in [1.29, 1.82) is 0 Å². The predicted molar refractivity (Wildman–Crippen MR) is 82.0 cm³/mol. The van der Waals surface area contributed by atoms with Gasteiger partial charge in [-0.25, -0.2) is 13.2 Å². The molecular weight excluding hydrogens is 290 g/mol. The number of sulfone groups is 1. The quantitative estimate of drug-likeness (QED) is 0.805. The molecule has 0 aliphatic carbocycles. The molecule has 1 aromatic carbocycles. The van der Waals surface area contributed by atoms with E-state index in [0.717, 1.165) is 6.26 Å². The van der Waals surface area contributed by atoms with Crippen LogP contribution in [-0.4, -0.2) is 32.9 Å². The number of anilines is 1. The van der Waals surface area contributed by atoms with Gasteiger partial charge in [-0.05, 0) is 45.0 Å². The van der Waals surface area contributed by atoms with E-state index in [0.29, 0.717) is 5.69 Å². The molecule has 1 amide bonds. The van der Waals surface area contributed by atoms with Crippen molar-refractivity contribution in [2.45, 2.75) is 31.3 Å². The molecule has 21 heavy (non-hydrogen) atoms. The Bertz CT molecular complexity index is 648. The first-order valence-corrected chi connectivity index (χ1v) is 8.18. The highest BCUT2D eigenvalue weighted by Crippen LogP contribution is 2.20. The second-order valence-electron chi connectivity index (χ2n) is 5.54. The van der Waals surface area contributed by atoms with E-state index in [2.05, 4.69) is 5.92 Å². The first-order chi connectivity index (χ1) is 9.54. The molecule has 0 aliphatic rings. The van der Waals surface area contributed by atoms with Gasteiger partial charge in [0.15, 0.2) is 9.84 Å². The number of rotatable bonds is 3. The molecule has 0 radical (unpaired) electrons. The summed E-state index contributed by atoms with van der Waals surface area (Å²) in [4.78, 5) is 13.6. The third kappa shape index (κ3) is 5.12. The van der Waals surface area contributed by atoms with Gasteiger partial charge in [0, 0.05) is 11.9 Å². The van der Waals surface area contributed by atoms with Crippen LogP contribution in [0.4, 0.5) is 10.5 Å². The Labute approximate surface area is 125 Å². The van der Waals surface area contributed by atoms with Crippen molar-refractivity contribution in [2.75, 3.05) is 17.7 Å². The molecule has 1 aromatic rings. The number of terminal acetylenes is 1. The Hall–Kier alpha value is -2.00. The van der Waals surface area contributed by atoms with E-state index < -0.39 is 21.5 Å². The normalized spacial score (nSPS) is 11.6. The maximum absolute atomic E-state index is 12.1. The number of hydrogen-bond donors (Lipinski definition) is 0. The van der Waals surface area contributed by atoms with Crippen LogP contribution in [0.1, 0.15) is 20.8 Å². The van der Waals surface area contributed by atoms with Gasteiger partial charge in [-0.15, -0.1) is 6.42 Å². The van der Waals surface area contributed by atoms with Gasteiger partial charge < -0.3 is 4.74 Å². The standard InChI is InChI=1S/C15H19NO4S/c1-6-11-16(14(17)20-15(2,3)4)12-7-9-13(10-8-12)21(5,18)19/h1,7-10H,11H2,2-5H3. The van der Waals surface area contributed by atoms with Crippen molar-refractivity contribution in [3.63, 3.8) is 0 Å². The minimum absolute atomic E-state index is 0.0349. The van der Waals surface area contributed by atoms with Crippen molar-refractivity contribution in [2.24, 2.45) is 0 Å². The van der Waals surface area contributed by atoms with Crippen LogP contribution in [0.2, 0.25) is 0 Å². The zero-order chi connectivity index (χ0) is 16.3. The zero-order valence-electron chi connectivity index (χ0n) is 12.6. The van der Waals surface area contributed by atoms with E-state index in [9.17, 15) is 13.2 Å². The summed E-state index contributed by atoms with van der Waals surface area (Å²) >= 11 is 0. The van der Waals surface area contributed by atoms with Crippen molar-refractivity contribution >= 4 is 21.6 Å². The molecule has 0 saturated heterocycles. The third-order valence-electron chi connectivity index (χ3n) is 2.44. The van der Waals surface area contributed by atoms with Crippen molar-refractivity contribution < 1.29 is 17.9 Å². The average molecular weight is 309 g/mol. The number of carbonyl (C=O) groups excluding carboxylic acids is 1. The number of benzene rings is 1. The SMILES string of the molecule is C#CCN(C(=O)OC(C)(C)C)c1ccc(S(C)(=O)=O)cc1. The summed E-state index contributed by atoms with van der Waals surface area (Å²) in [6, 6.07) is 5.91. The number of nitrogens with zero attached hydrogens (tertiary/aromatic N) is 1. The molecule has 0 heterocycles. The van der Waals surface area contributed by atoms with Crippen LogP contribution in [0, 0.1) is 12.3 Å². The van der Waals surface area contributed by atoms with Gasteiger partial charge in [0.25, 0.3) is 0 Å². The summed E-state index contributed by atoms with van der Waals surface area (Å²) in [6.45, 7) is 5.30. The Morgan fingerprint density at radius 2 is 1.81 bits per heavy atom. The predicted octanol–water partition coefficient (Wildman–Crippen LogP) is 2.46. The second kappa shape index (κ2) is 6.19. The van der Waals surface area contributed by atoms with Crippen LogP contribution in [0.15, 0.2) is 29.2 Å². The summed E-state index contributed by atoms with van der Waals surface area (Å²) in [6.07, 6.45) is 5.82. The fourth-order valence-electron chi connectivity index (χ4n) is 1.54. The molecule has 0 N–H and O–H groups in total. The Kier molecular flexibility index (Phi) is 5.02. The van der Waals surface area contributed by atoms with Crippen LogP contribution in [0.5, 0.6) is 0 Å². The number of amides is 1. The van der Waals surface area contributed by atoms with Crippen molar-refractivity contribution in [3.8, 4) is 12.3 Å². The van der Waals surface area contributed by atoms with E-state index in [1.807, 2.05) is 0 Å². The van der Waals surface area contributed by atoms with Crippen molar-refractivity contribution in [1.82, 2.24) is 0 Å². The van der Waals surface area contributed by atoms with Crippen LogP contribution < -0.4 is 4.90 Å². The highest BCUT2D eigenvalue weighted by atomic mass is 32.2. The zero-order valence-corrected chi connectivity index (χ0v) is 13.4. The highest BCUT2D eigenvalue weighted by Gasteiger charge is 2.23.